The zero-order chi connectivity index (χ0) is 14.6. The van der Waals surface area contributed by atoms with Crippen LogP contribution >= 0.6 is 0 Å². The lowest BCUT2D eigenvalue weighted by Gasteiger charge is -2.19. The number of hydrogen-bond donors (Lipinski definition) is 3. The third-order valence-electron chi connectivity index (χ3n) is 3.15. The van der Waals surface area contributed by atoms with Crippen molar-refractivity contribution in [2.24, 2.45) is 0 Å². The molecular formula is C10H21N7O2S. The molecule has 0 bridgehead atoms. The summed E-state index contributed by atoms with van der Waals surface area (Å²) in [5.41, 5.74) is 0. The van der Waals surface area contributed by atoms with E-state index in [0.29, 0.717) is 18.4 Å². The van der Waals surface area contributed by atoms with E-state index in [-0.39, 0.29) is 0 Å². The van der Waals surface area contributed by atoms with Crippen molar-refractivity contribution >= 4 is 10.2 Å². The van der Waals surface area contributed by atoms with Gasteiger partial charge in [-0.15, -0.1) is 10.2 Å². The first-order chi connectivity index (χ1) is 9.49. The van der Waals surface area contributed by atoms with Gasteiger partial charge in [0.25, 0.3) is 10.2 Å². The zero-order valence-corrected chi connectivity index (χ0v) is 12.5. The van der Waals surface area contributed by atoms with Gasteiger partial charge in [-0.05, 0) is 32.7 Å². The molecule has 1 aliphatic rings. The van der Waals surface area contributed by atoms with Crippen LogP contribution in [0.25, 0.3) is 0 Å². The topological polar surface area (TPSA) is 116 Å². The molecule has 10 heteroatoms. The van der Waals surface area contributed by atoms with Gasteiger partial charge < -0.3 is 5.32 Å². The lowest BCUT2D eigenvalue weighted by atomic mass is 10.4. The van der Waals surface area contributed by atoms with Gasteiger partial charge in [-0.2, -0.15) is 22.7 Å². The lowest BCUT2D eigenvalue weighted by molar-refractivity contribution is 0.436. The summed E-state index contributed by atoms with van der Waals surface area (Å²) >= 11 is 0. The van der Waals surface area contributed by atoms with E-state index in [9.17, 15) is 8.42 Å². The average Bonchev–Trinajstić information content (AvgIpc) is 3.04. The SMILES string of the molecule is CC(NS(=O)(=O)N(C)CCCNC1CC1)c1nn[nH]n1. The molecule has 114 valence electrons. The highest BCUT2D eigenvalue weighted by atomic mass is 32.2. The van der Waals surface area contributed by atoms with Crippen molar-refractivity contribution in [1.82, 2.24) is 35.0 Å². The molecule has 1 heterocycles. The second kappa shape index (κ2) is 6.57. The van der Waals surface area contributed by atoms with E-state index < -0.39 is 16.3 Å². The summed E-state index contributed by atoms with van der Waals surface area (Å²) in [5, 5.41) is 16.6. The summed E-state index contributed by atoms with van der Waals surface area (Å²) in [5.74, 6) is 0.317. The van der Waals surface area contributed by atoms with E-state index in [0.717, 1.165) is 13.0 Å². The van der Waals surface area contributed by atoms with Gasteiger partial charge in [0.2, 0.25) is 0 Å². The Morgan fingerprint density at radius 2 is 2.25 bits per heavy atom. The van der Waals surface area contributed by atoms with Gasteiger partial charge in [0.1, 0.15) is 0 Å². The average molecular weight is 303 g/mol. The van der Waals surface area contributed by atoms with Crippen LogP contribution < -0.4 is 10.0 Å². The van der Waals surface area contributed by atoms with Crippen LogP contribution in [0.3, 0.4) is 0 Å². The monoisotopic (exact) mass is 303 g/mol. The van der Waals surface area contributed by atoms with Gasteiger partial charge in [-0.1, -0.05) is 5.21 Å². The van der Waals surface area contributed by atoms with E-state index in [4.69, 9.17) is 0 Å². The van der Waals surface area contributed by atoms with Crippen molar-refractivity contribution in [1.29, 1.82) is 0 Å². The Kier molecular flexibility index (Phi) is 5.02. The molecule has 1 fully saturated rings. The van der Waals surface area contributed by atoms with Crippen LogP contribution in [0.15, 0.2) is 0 Å². The Morgan fingerprint density at radius 1 is 1.50 bits per heavy atom. The normalized spacial score (nSPS) is 17.6. The number of aromatic nitrogens is 4. The van der Waals surface area contributed by atoms with Crippen LogP contribution in [0.2, 0.25) is 0 Å². The van der Waals surface area contributed by atoms with Gasteiger partial charge in [0, 0.05) is 19.6 Å². The number of nitrogens with one attached hydrogen (secondary N) is 3. The summed E-state index contributed by atoms with van der Waals surface area (Å²) in [7, 11) is -1.98. The van der Waals surface area contributed by atoms with E-state index in [1.54, 1.807) is 14.0 Å². The van der Waals surface area contributed by atoms with Crippen molar-refractivity contribution in [3.63, 3.8) is 0 Å². The molecule has 2 rings (SSSR count). The van der Waals surface area contributed by atoms with E-state index in [1.165, 1.54) is 17.1 Å². The van der Waals surface area contributed by atoms with Crippen LogP contribution in [0.4, 0.5) is 0 Å². The number of H-pyrrole nitrogens is 1. The van der Waals surface area contributed by atoms with Gasteiger partial charge in [-0.3, -0.25) is 0 Å². The molecule has 3 N–H and O–H groups in total. The fraction of sp³-hybridized carbons (Fsp3) is 0.900. The van der Waals surface area contributed by atoms with Gasteiger partial charge in [0.15, 0.2) is 5.82 Å². The molecule has 0 amide bonds. The van der Waals surface area contributed by atoms with Gasteiger partial charge in [0.05, 0.1) is 6.04 Å². The summed E-state index contributed by atoms with van der Waals surface area (Å²) < 4.78 is 28.0. The van der Waals surface area contributed by atoms with Gasteiger partial charge >= 0.3 is 0 Å². The molecule has 1 aromatic rings. The van der Waals surface area contributed by atoms with Crippen LogP contribution in [0, 0.1) is 0 Å². The van der Waals surface area contributed by atoms with Crippen molar-refractivity contribution in [3.8, 4) is 0 Å². The number of tetrazole rings is 1. The fourth-order valence-corrected chi connectivity index (χ4v) is 2.84. The summed E-state index contributed by atoms with van der Waals surface area (Å²) in [6, 6.07) is 0.124. The summed E-state index contributed by atoms with van der Waals surface area (Å²) in [4.78, 5) is 0. The molecule has 0 saturated heterocycles. The van der Waals surface area contributed by atoms with E-state index >= 15 is 0 Å². The Hall–Kier alpha value is -1.10. The number of hydrogen-bond acceptors (Lipinski definition) is 6. The van der Waals surface area contributed by atoms with Crippen molar-refractivity contribution in [2.45, 2.75) is 38.3 Å². The fourth-order valence-electron chi connectivity index (χ4n) is 1.73. The maximum Gasteiger partial charge on any atom is 0.279 e. The van der Waals surface area contributed by atoms with Gasteiger partial charge in [-0.25, -0.2) is 0 Å². The van der Waals surface area contributed by atoms with Crippen LogP contribution in [-0.4, -0.2) is 59.5 Å². The molecule has 1 saturated carbocycles. The van der Waals surface area contributed by atoms with E-state index in [2.05, 4.69) is 30.7 Å². The molecule has 0 aliphatic heterocycles. The molecule has 0 aromatic carbocycles. The molecule has 9 nitrogen and oxygen atoms in total. The Balaban J connectivity index is 1.75. The molecule has 0 radical (unpaired) electrons. The minimum Gasteiger partial charge on any atom is -0.314 e. The molecule has 20 heavy (non-hydrogen) atoms. The lowest BCUT2D eigenvalue weighted by Crippen LogP contribution is -2.40. The standard InChI is InChI=1S/C10H21N7O2S/c1-8(10-12-15-16-13-10)14-20(18,19)17(2)7-3-6-11-9-4-5-9/h8-9,11,14H,3-7H2,1-2H3,(H,12,13,15,16). The smallest absolute Gasteiger partial charge is 0.279 e. The maximum atomic E-state index is 12.1. The van der Waals surface area contributed by atoms with Crippen LogP contribution in [-0.2, 0) is 10.2 Å². The minimum atomic E-state index is -3.54. The van der Waals surface area contributed by atoms with Crippen LogP contribution in [0.5, 0.6) is 0 Å². The summed E-state index contributed by atoms with van der Waals surface area (Å²) in [6.45, 7) is 2.98. The van der Waals surface area contributed by atoms with E-state index in [1.807, 2.05) is 0 Å². The molecular weight excluding hydrogens is 282 g/mol. The highest BCUT2D eigenvalue weighted by Gasteiger charge is 2.23. The molecule has 1 aliphatic carbocycles. The second-order valence-electron chi connectivity index (χ2n) is 5.02. The van der Waals surface area contributed by atoms with Crippen molar-refractivity contribution < 1.29 is 8.42 Å². The predicted octanol–water partition coefficient (Wildman–Crippen LogP) is -0.831. The Bertz CT molecular complexity index is 500. The second-order valence-corrected chi connectivity index (χ2v) is 6.83. The van der Waals surface area contributed by atoms with Crippen molar-refractivity contribution in [2.75, 3.05) is 20.1 Å². The largest absolute Gasteiger partial charge is 0.314 e. The number of nitrogens with zero attached hydrogens (tertiary/aromatic N) is 4. The predicted molar refractivity (Wildman–Crippen MR) is 72.9 cm³/mol. The zero-order valence-electron chi connectivity index (χ0n) is 11.7. The molecule has 0 spiro atoms. The van der Waals surface area contributed by atoms with Crippen LogP contribution in [0.1, 0.15) is 38.1 Å². The van der Waals surface area contributed by atoms with Crippen molar-refractivity contribution in [3.05, 3.63) is 5.82 Å². The highest BCUT2D eigenvalue weighted by Crippen LogP contribution is 2.18. The third kappa shape index (κ3) is 4.47. The molecule has 1 unspecified atom stereocenters. The highest BCUT2D eigenvalue weighted by molar-refractivity contribution is 7.87. The first-order valence-electron chi connectivity index (χ1n) is 6.69. The first kappa shape index (κ1) is 15.3. The quantitative estimate of drug-likeness (QED) is 0.513. The number of rotatable bonds is 9. The Labute approximate surface area is 118 Å². The summed E-state index contributed by atoms with van der Waals surface area (Å²) in [6.07, 6.45) is 3.25. The maximum absolute atomic E-state index is 12.1. The molecule has 1 aromatic heterocycles. The minimum absolute atomic E-state index is 0.317. The number of aromatic amines is 1. The third-order valence-corrected chi connectivity index (χ3v) is 4.80. The Morgan fingerprint density at radius 3 is 2.85 bits per heavy atom. The molecule has 1 atom stereocenters. The first-order valence-corrected chi connectivity index (χ1v) is 8.13.